The first-order chi connectivity index (χ1) is 21.7. The van der Waals surface area contributed by atoms with Gasteiger partial charge in [0, 0.05) is 5.92 Å². The van der Waals surface area contributed by atoms with Crippen molar-refractivity contribution in [2.24, 2.45) is 17.8 Å². The zero-order chi connectivity index (χ0) is 33.0. The third-order valence-corrected chi connectivity index (χ3v) is 8.87. The maximum absolute atomic E-state index is 12.4. The largest absolute Gasteiger partial charge is 0.462 e. The van der Waals surface area contributed by atoms with Gasteiger partial charge in [0.2, 0.25) is 0 Å². The highest BCUT2D eigenvalue weighted by atomic mass is 19.1. The summed E-state index contributed by atoms with van der Waals surface area (Å²) >= 11 is 0. The summed E-state index contributed by atoms with van der Waals surface area (Å²) in [6.45, 7) is 12.1. The number of aliphatic hydroxyl groups excluding tert-OH is 2. The minimum atomic E-state index is -0.659. The van der Waals surface area contributed by atoms with Gasteiger partial charge < -0.3 is 19.7 Å². The van der Waals surface area contributed by atoms with Gasteiger partial charge in [0.25, 0.3) is 0 Å². The van der Waals surface area contributed by atoms with Crippen molar-refractivity contribution >= 4 is 24.1 Å². The average Bonchev–Trinajstić information content (AvgIpc) is 3.06. The van der Waals surface area contributed by atoms with Crippen LogP contribution in [-0.2, 0) is 25.5 Å². The zero-order valence-electron chi connectivity index (χ0n) is 27.4. The molecule has 2 rings (SSSR count). The van der Waals surface area contributed by atoms with Crippen molar-refractivity contribution in [3.05, 3.63) is 71.3 Å². The molecule has 0 spiro atoms. The number of aryl methyl sites for hydroxylation is 1. The van der Waals surface area contributed by atoms with E-state index in [0.29, 0.717) is 6.42 Å². The molecule has 250 valence electrons. The summed E-state index contributed by atoms with van der Waals surface area (Å²) in [6, 6.07) is 6.69. The first kappa shape index (κ1) is 38.2. The van der Waals surface area contributed by atoms with E-state index in [4.69, 9.17) is 19.7 Å². The molecular weight excluding hydrogens is 571 g/mol. The van der Waals surface area contributed by atoms with Crippen LogP contribution in [0.15, 0.2) is 54.7 Å². The Morgan fingerprint density at radius 2 is 1.51 bits per heavy atom. The predicted molar refractivity (Wildman–Crippen MR) is 180 cm³/mol. The molecular formula is C38H55FO6. The van der Waals surface area contributed by atoms with Crippen molar-refractivity contribution in [1.29, 1.82) is 0 Å². The van der Waals surface area contributed by atoms with Crippen LogP contribution in [0.4, 0.5) is 4.39 Å². The Bertz CT molecular complexity index is 1100. The summed E-state index contributed by atoms with van der Waals surface area (Å²) in [4.78, 5) is 23.8. The second kappa shape index (κ2) is 21.7. The van der Waals surface area contributed by atoms with Gasteiger partial charge in [-0.3, -0.25) is 4.39 Å². The van der Waals surface area contributed by atoms with E-state index in [1.807, 2.05) is 6.08 Å². The number of hydrogen-bond acceptors (Lipinski definition) is 6. The van der Waals surface area contributed by atoms with E-state index < -0.39 is 25.2 Å². The SMILES string of the molecule is C=Cc1cc(CCC2CCC(CCCCC(COC(=O)C(=C)CO)COC(=O)C(=C)CO)CC2)ccc1/C=C(\C)CCCCF. The molecule has 1 aliphatic rings. The summed E-state index contributed by atoms with van der Waals surface area (Å²) in [6.07, 6.45) is 17.7. The smallest absolute Gasteiger partial charge is 0.335 e. The fourth-order valence-corrected chi connectivity index (χ4v) is 5.90. The van der Waals surface area contributed by atoms with Gasteiger partial charge in [-0.1, -0.05) is 101 Å². The molecule has 1 saturated carbocycles. The van der Waals surface area contributed by atoms with E-state index in [1.165, 1.54) is 48.8 Å². The monoisotopic (exact) mass is 626 g/mol. The molecule has 1 aliphatic carbocycles. The number of benzene rings is 1. The number of carbonyl (C=O) groups is 2. The Morgan fingerprint density at radius 1 is 0.911 bits per heavy atom. The summed E-state index contributed by atoms with van der Waals surface area (Å²) in [5.41, 5.74) is 4.93. The van der Waals surface area contributed by atoms with Crippen LogP contribution in [0.3, 0.4) is 0 Å². The fraction of sp³-hybridized carbons (Fsp3) is 0.579. The molecule has 0 atom stereocenters. The first-order valence-electron chi connectivity index (χ1n) is 16.6. The lowest BCUT2D eigenvalue weighted by molar-refractivity contribution is -0.144. The van der Waals surface area contributed by atoms with E-state index in [1.54, 1.807) is 0 Å². The molecule has 0 unspecified atom stereocenters. The molecule has 1 aromatic rings. The number of rotatable bonds is 22. The molecule has 1 aromatic carbocycles. The minimum absolute atomic E-state index is 0.0177. The Hall–Kier alpha value is -3.03. The standard InChI is InChI=1S/C38H55FO6/c1-5-35-23-33(19-20-36(35)22-28(2)10-8-9-21-39)18-17-32-15-13-31(14-16-32)11-6-7-12-34(26-44-37(42)29(3)24-40)27-45-38(43)30(4)25-41/h5,19-20,22-23,31-32,34,40-41H,1,3-4,6-18,21,24-27H2,2H3/b28-22+. The van der Waals surface area contributed by atoms with Crippen LogP contribution in [0.25, 0.3) is 12.2 Å². The second-order valence-electron chi connectivity index (χ2n) is 12.6. The topological polar surface area (TPSA) is 93.1 Å². The van der Waals surface area contributed by atoms with E-state index >= 15 is 0 Å². The molecule has 7 heteroatoms. The third kappa shape index (κ3) is 14.7. The first-order valence-corrected chi connectivity index (χ1v) is 16.6. The molecule has 0 radical (unpaired) electrons. The highest BCUT2D eigenvalue weighted by molar-refractivity contribution is 5.88. The maximum Gasteiger partial charge on any atom is 0.335 e. The normalized spacial score (nSPS) is 16.8. The van der Waals surface area contributed by atoms with Gasteiger partial charge >= 0.3 is 11.9 Å². The molecule has 2 N–H and O–H groups in total. The van der Waals surface area contributed by atoms with Gasteiger partial charge in [0.05, 0.1) is 44.2 Å². The van der Waals surface area contributed by atoms with E-state index in [-0.39, 0.29) is 37.0 Å². The fourth-order valence-electron chi connectivity index (χ4n) is 5.90. The summed E-state index contributed by atoms with van der Waals surface area (Å²) < 4.78 is 22.9. The van der Waals surface area contributed by atoms with Crippen LogP contribution in [-0.4, -0.2) is 55.3 Å². The van der Waals surface area contributed by atoms with Crippen LogP contribution in [0.2, 0.25) is 0 Å². The number of unbranched alkanes of at least 4 members (excludes halogenated alkanes) is 2. The Balaban J connectivity index is 1.74. The number of aliphatic hydroxyl groups is 2. The number of allylic oxidation sites excluding steroid dienone is 1. The lowest BCUT2D eigenvalue weighted by atomic mass is 9.77. The number of halogens is 1. The molecule has 0 heterocycles. The Morgan fingerprint density at radius 3 is 2.07 bits per heavy atom. The summed E-state index contributed by atoms with van der Waals surface area (Å²) in [5.74, 6) is -0.0265. The third-order valence-electron chi connectivity index (χ3n) is 8.87. The highest BCUT2D eigenvalue weighted by Gasteiger charge is 2.22. The Kier molecular flexibility index (Phi) is 18.4. The zero-order valence-corrected chi connectivity index (χ0v) is 27.4. The minimum Gasteiger partial charge on any atom is -0.462 e. The lowest BCUT2D eigenvalue weighted by Crippen LogP contribution is -2.23. The van der Waals surface area contributed by atoms with Crippen molar-refractivity contribution in [2.45, 2.75) is 90.4 Å². The van der Waals surface area contributed by atoms with E-state index in [0.717, 1.165) is 62.3 Å². The summed E-state index contributed by atoms with van der Waals surface area (Å²) in [7, 11) is 0. The van der Waals surface area contributed by atoms with Crippen molar-refractivity contribution in [3.8, 4) is 0 Å². The van der Waals surface area contributed by atoms with Crippen molar-refractivity contribution in [2.75, 3.05) is 33.1 Å². The molecule has 0 amide bonds. The maximum atomic E-state index is 12.4. The molecule has 0 bridgehead atoms. The van der Waals surface area contributed by atoms with Crippen LogP contribution >= 0.6 is 0 Å². The molecule has 0 aliphatic heterocycles. The van der Waals surface area contributed by atoms with Gasteiger partial charge in [-0.2, -0.15) is 0 Å². The highest BCUT2D eigenvalue weighted by Crippen LogP contribution is 2.34. The molecule has 0 aromatic heterocycles. The number of esters is 2. The van der Waals surface area contributed by atoms with Crippen molar-refractivity contribution in [1.82, 2.24) is 0 Å². The van der Waals surface area contributed by atoms with Crippen LogP contribution in [0.5, 0.6) is 0 Å². The number of carbonyl (C=O) groups excluding carboxylic acids is 2. The number of alkyl halides is 1. The average molecular weight is 627 g/mol. The van der Waals surface area contributed by atoms with E-state index in [9.17, 15) is 14.0 Å². The van der Waals surface area contributed by atoms with Gasteiger partial charge in [0.1, 0.15) is 0 Å². The molecule has 6 nitrogen and oxygen atoms in total. The van der Waals surface area contributed by atoms with E-state index in [2.05, 4.69) is 50.9 Å². The van der Waals surface area contributed by atoms with Gasteiger partial charge in [-0.05, 0) is 74.0 Å². The van der Waals surface area contributed by atoms with Crippen LogP contribution < -0.4 is 0 Å². The quantitative estimate of drug-likeness (QED) is 0.0770. The summed E-state index contributed by atoms with van der Waals surface area (Å²) in [5, 5.41) is 18.2. The van der Waals surface area contributed by atoms with Gasteiger partial charge in [-0.25, -0.2) is 9.59 Å². The molecule has 1 fully saturated rings. The lowest BCUT2D eigenvalue weighted by Gasteiger charge is -2.28. The van der Waals surface area contributed by atoms with Gasteiger partial charge in [0.15, 0.2) is 0 Å². The second-order valence-corrected chi connectivity index (χ2v) is 12.6. The molecule has 0 saturated heterocycles. The van der Waals surface area contributed by atoms with Gasteiger partial charge in [-0.15, -0.1) is 0 Å². The van der Waals surface area contributed by atoms with Crippen molar-refractivity contribution in [3.63, 3.8) is 0 Å². The number of ether oxygens (including phenoxy) is 2. The van der Waals surface area contributed by atoms with Crippen molar-refractivity contribution < 1.29 is 33.7 Å². The molecule has 45 heavy (non-hydrogen) atoms. The Labute approximate surface area is 270 Å². The number of hydrogen-bond donors (Lipinski definition) is 2. The predicted octanol–water partition coefficient (Wildman–Crippen LogP) is 7.97. The van der Waals surface area contributed by atoms with Crippen LogP contribution in [0.1, 0.15) is 101 Å². The van der Waals surface area contributed by atoms with Crippen LogP contribution in [0, 0.1) is 17.8 Å².